The number of aliphatic hydroxyl groups is 2. The maximum Gasteiger partial charge on any atom is 0.253 e. The van der Waals surface area contributed by atoms with Crippen molar-refractivity contribution >= 4 is 23.1 Å². The van der Waals surface area contributed by atoms with Gasteiger partial charge in [-0.25, -0.2) is 14.4 Å². The number of aliphatic hydroxyl groups excluding tert-OH is 2. The van der Waals surface area contributed by atoms with Gasteiger partial charge in [-0.1, -0.05) is 0 Å². The lowest BCUT2D eigenvalue weighted by Gasteiger charge is -2.43. The predicted octanol–water partition coefficient (Wildman–Crippen LogP) is 1.96. The summed E-state index contributed by atoms with van der Waals surface area (Å²) in [4.78, 5) is 27.1. The molecule has 0 saturated carbocycles. The van der Waals surface area contributed by atoms with Gasteiger partial charge < -0.3 is 39.5 Å². The third-order valence-electron chi connectivity index (χ3n) is 8.79. The summed E-state index contributed by atoms with van der Waals surface area (Å²) in [6, 6.07) is 15.2. The van der Waals surface area contributed by atoms with Crippen LogP contribution in [0.4, 0.5) is 21.6 Å². The summed E-state index contributed by atoms with van der Waals surface area (Å²) < 4.78 is 31.9. The Hall–Kier alpha value is -4.55. The van der Waals surface area contributed by atoms with E-state index in [1.807, 2.05) is 18.2 Å². The molecule has 3 saturated heterocycles. The quantitative estimate of drug-likeness (QED) is 0.295. The molecule has 3 aliphatic heterocycles. The topological polar surface area (TPSA) is 157 Å². The molecule has 3 fully saturated rings. The summed E-state index contributed by atoms with van der Waals surface area (Å²) in [5.74, 6) is 1.17. The lowest BCUT2D eigenvalue weighted by atomic mass is 10.0. The number of aromatic nitrogens is 2. The fourth-order valence-electron chi connectivity index (χ4n) is 6.02. The van der Waals surface area contributed by atoms with E-state index in [1.54, 1.807) is 37.6 Å². The van der Waals surface area contributed by atoms with E-state index in [1.165, 1.54) is 0 Å². The third-order valence-corrected chi connectivity index (χ3v) is 8.79. The molecule has 3 atom stereocenters. The van der Waals surface area contributed by atoms with Crippen LogP contribution in [0, 0.1) is 11.3 Å². The van der Waals surface area contributed by atoms with Crippen LogP contribution in [0.25, 0.3) is 11.4 Å². The second-order valence-corrected chi connectivity index (χ2v) is 11.8. The third kappa shape index (κ3) is 7.23. The highest BCUT2D eigenvalue weighted by molar-refractivity contribution is 5.81. The van der Waals surface area contributed by atoms with Crippen molar-refractivity contribution in [2.24, 2.45) is 0 Å². The van der Waals surface area contributed by atoms with Gasteiger partial charge in [0.15, 0.2) is 18.1 Å². The minimum atomic E-state index is -1.58. The van der Waals surface area contributed by atoms with Crippen LogP contribution in [0.15, 0.2) is 48.7 Å². The van der Waals surface area contributed by atoms with Crippen molar-refractivity contribution in [1.29, 1.82) is 5.26 Å². The second kappa shape index (κ2) is 14.5. The standard InChI is InChI=1S/C33H38FN7O6/c1-45-30-15-23(3-4-26(30)40-12-10-39(11-13-40)24-19-46-20-24)37-31-6-8-36-32(38-31)21-2-5-28(22(14-21)16-35)47-29-7-9-41(17-25(29)34)33(44)27(43)18-42/h2-6,8,14-15,24-25,27,29,42-43H,7,9-13,17-20H2,1H3,(H,36,37,38)/t25-,27-,29+/m1/s1. The Kier molecular flexibility index (Phi) is 9.98. The Morgan fingerprint density at radius 3 is 2.64 bits per heavy atom. The van der Waals surface area contributed by atoms with E-state index in [-0.39, 0.29) is 30.8 Å². The molecule has 47 heavy (non-hydrogen) atoms. The number of benzene rings is 2. The highest BCUT2D eigenvalue weighted by Gasteiger charge is 2.35. The first-order valence-electron chi connectivity index (χ1n) is 15.6. The Bertz CT molecular complexity index is 1610. The minimum absolute atomic E-state index is 0.150. The number of piperazine rings is 1. The molecule has 0 spiro atoms. The fourth-order valence-corrected chi connectivity index (χ4v) is 6.02. The SMILES string of the molecule is COc1cc(Nc2ccnc(-c3ccc(O[C@H]4CCN(C(=O)[C@H](O)CO)C[C@H]4F)c(C#N)c3)n2)ccc1N1CCN(C2COC2)CC1. The smallest absolute Gasteiger partial charge is 0.253 e. The number of amides is 1. The van der Waals surface area contributed by atoms with Crippen LogP contribution in [0.2, 0.25) is 0 Å². The number of halogens is 1. The summed E-state index contributed by atoms with van der Waals surface area (Å²) in [6.07, 6.45) is -2.23. The maximum absolute atomic E-state index is 14.9. The van der Waals surface area contributed by atoms with Crippen molar-refractivity contribution in [3.63, 3.8) is 0 Å². The van der Waals surface area contributed by atoms with Gasteiger partial charge in [0.1, 0.15) is 29.5 Å². The number of hydrogen-bond acceptors (Lipinski definition) is 12. The van der Waals surface area contributed by atoms with E-state index in [9.17, 15) is 19.6 Å². The summed E-state index contributed by atoms with van der Waals surface area (Å²) in [7, 11) is 1.66. The highest BCUT2D eigenvalue weighted by atomic mass is 19.1. The Morgan fingerprint density at radius 2 is 1.96 bits per heavy atom. The molecular formula is C33H38FN7O6. The van der Waals surface area contributed by atoms with Gasteiger partial charge >= 0.3 is 0 Å². The molecular weight excluding hydrogens is 609 g/mol. The zero-order chi connectivity index (χ0) is 32.9. The number of nitrogens with one attached hydrogen (secondary N) is 1. The van der Waals surface area contributed by atoms with Crippen molar-refractivity contribution in [3.05, 3.63) is 54.2 Å². The molecule has 0 aliphatic carbocycles. The van der Waals surface area contributed by atoms with E-state index >= 15 is 0 Å². The number of alkyl halides is 1. The number of ether oxygens (including phenoxy) is 3. The number of nitriles is 1. The molecule has 2 aromatic carbocycles. The van der Waals surface area contributed by atoms with Crippen LogP contribution >= 0.6 is 0 Å². The van der Waals surface area contributed by atoms with E-state index in [0.29, 0.717) is 23.2 Å². The number of nitrogens with zero attached hydrogens (tertiary/aromatic N) is 6. The van der Waals surface area contributed by atoms with Crippen molar-refractivity contribution in [2.45, 2.75) is 30.8 Å². The zero-order valence-electron chi connectivity index (χ0n) is 26.1. The van der Waals surface area contributed by atoms with Crippen LogP contribution in [-0.2, 0) is 9.53 Å². The summed E-state index contributed by atoms with van der Waals surface area (Å²) >= 11 is 0. The second-order valence-electron chi connectivity index (χ2n) is 11.8. The number of hydrogen-bond donors (Lipinski definition) is 3. The number of anilines is 3. The Morgan fingerprint density at radius 1 is 1.15 bits per heavy atom. The number of carbonyl (C=O) groups is 1. The lowest BCUT2D eigenvalue weighted by molar-refractivity contribution is -0.146. The van der Waals surface area contributed by atoms with Gasteiger partial charge in [-0.05, 0) is 36.4 Å². The number of carbonyl (C=O) groups excluding carboxylic acids is 1. The van der Waals surface area contributed by atoms with E-state index in [4.69, 9.17) is 19.3 Å². The monoisotopic (exact) mass is 647 g/mol. The van der Waals surface area contributed by atoms with Crippen LogP contribution in [0.1, 0.15) is 12.0 Å². The maximum atomic E-state index is 14.9. The van der Waals surface area contributed by atoms with Crippen LogP contribution < -0.4 is 19.7 Å². The van der Waals surface area contributed by atoms with Crippen molar-refractivity contribution in [2.75, 3.05) is 76.4 Å². The lowest BCUT2D eigenvalue weighted by Crippen LogP contribution is -2.56. The Labute approximate surface area is 272 Å². The van der Waals surface area contributed by atoms with Crippen LogP contribution in [0.3, 0.4) is 0 Å². The molecule has 1 amide bonds. The van der Waals surface area contributed by atoms with Crippen molar-refractivity contribution in [1.82, 2.24) is 19.8 Å². The first kappa shape index (κ1) is 32.4. The van der Waals surface area contributed by atoms with Gasteiger partial charge in [-0.15, -0.1) is 0 Å². The summed E-state index contributed by atoms with van der Waals surface area (Å²) in [5.41, 5.74) is 2.60. The van der Waals surface area contributed by atoms with Crippen molar-refractivity contribution in [3.8, 4) is 29.0 Å². The normalized spacial score (nSPS) is 21.0. The summed E-state index contributed by atoms with van der Waals surface area (Å²) in [6.45, 7) is 4.56. The van der Waals surface area contributed by atoms with Gasteiger partial charge in [0, 0.05) is 62.7 Å². The zero-order valence-corrected chi connectivity index (χ0v) is 26.1. The molecule has 0 radical (unpaired) electrons. The van der Waals surface area contributed by atoms with E-state index < -0.39 is 30.9 Å². The molecule has 0 unspecified atom stereocenters. The molecule has 3 aromatic rings. The van der Waals surface area contributed by atoms with E-state index in [2.05, 4.69) is 31.2 Å². The minimum Gasteiger partial charge on any atom is -0.495 e. The molecule has 248 valence electrons. The largest absolute Gasteiger partial charge is 0.495 e. The van der Waals surface area contributed by atoms with Gasteiger partial charge in [-0.3, -0.25) is 9.69 Å². The molecule has 3 N–H and O–H groups in total. The van der Waals surface area contributed by atoms with E-state index in [0.717, 1.165) is 61.4 Å². The van der Waals surface area contributed by atoms with Gasteiger partial charge in [0.05, 0.1) is 50.8 Å². The van der Waals surface area contributed by atoms with Crippen LogP contribution in [-0.4, -0.2) is 127 Å². The predicted molar refractivity (Wildman–Crippen MR) is 170 cm³/mol. The van der Waals surface area contributed by atoms with Gasteiger partial charge in [-0.2, -0.15) is 5.26 Å². The average Bonchev–Trinajstić information content (AvgIpc) is 3.08. The average molecular weight is 648 g/mol. The molecule has 0 bridgehead atoms. The molecule has 1 aromatic heterocycles. The highest BCUT2D eigenvalue weighted by Crippen LogP contribution is 2.34. The summed E-state index contributed by atoms with van der Waals surface area (Å²) in [5, 5.41) is 31.8. The molecule has 6 rings (SSSR count). The molecule has 4 heterocycles. The number of piperidine rings is 1. The van der Waals surface area contributed by atoms with Crippen LogP contribution in [0.5, 0.6) is 11.5 Å². The van der Waals surface area contributed by atoms with Gasteiger partial charge in [0.2, 0.25) is 0 Å². The van der Waals surface area contributed by atoms with Crippen molar-refractivity contribution < 1.29 is 33.6 Å². The van der Waals surface area contributed by atoms with Gasteiger partial charge in [0.25, 0.3) is 5.91 Å². The molecule has 13 nitrogen and oxygen atoms in total. The molecule has 3 aliphatic rings. The number of likely N-dealkylation sites (tertiary alicyclic amines) is 1. The first-order valence-corrected chi connectivity index (χ1v) is 15.6. The Balaban J connectivity index is 1.10. The number of rotatable bonds is 10. The first-order chi connectivity index (χ1) is 22.9. The fraction of sp³-hybridized carbons (Fsp3) is 0.455. The number of methoxy groups -OCH3 is 1. The molecule has 14 heteroatoms.